The van der Waals surface area contributed by atoms with Crippen LogP contribution in [0, 0.1) is 13.8 Å². The quantitative estimate of drug-likeness (QED) is 0.905. The fraction of sp³-hybridized carbons (Fsp3) is 0.250. The van der Waals surface area contributed by atoms with Crippen LogP contribution >= 0.6 is 11.3 Å². The van der Waals surface area contributed by atoms with E-state index < -0.39 is 0 Å². The minimum Gasteiger partial charge on any atom is -0.495 e. The molecule has 0 bridgehead atoms. The molecule has 22 heavy (non-hydrogen) atoms. The van der Waals surface area contributed by atoms with Gasteiger partial charge in [-0.05, 0) is 38.1 Å². The van der Waals surface area contributed by atoms with Crippen molar-refractivity contribution in [2.75, 3.05) is 17.7 Å². The number of carbonyl (C=O) groups excluding carboxylic acids is 2. The molecule has 2 rings (SSSR count). The minimum absolute atomic E-state index is 0.174. The Bertz CT molecular complexity index is 722. The molecule has 0 spiro atoms. The number of hydrogen-bond acceptors (Lipinski definition) is 4. The number of benzene rings is 1. The maximum absolute atomic E-state index is 12.4. The van der Waals surface area contributed by atoms with Crippen LogP contribution in [0.15, 0.2) is 24.3 Å². The molecular weight excluding hydrogens is 300 g/mol. The first-order valence-corrected chi connectivity index (χ1v) is 7.56. The molecule has 1 heterocycles. The Hall–Kier alpha value is -2.34. The maximum Gasteiger partial charge on any atom is 0.256 e. The lowest BCUT2D eigenvalue weighted by Crippen LogP contribution is -2.13. The van der Waals surface area contributed by atoms with E-state index in [1.165, 1.54) is 14.0 Å². The number of aryl methyl sites for hydroxylation is 2. The third kappa shape index (κ3) is 3.65. The zero-order valence-electron chi connectivity index (χ0n) is 12.9. The van der Waals surface area contributed by atoms with Crippen LogP contribution in [0.5, 0.6) is 5.75 Å². The maximum atomic E-state index is 12.4. The van der Waals surface area contributed by atoms with Gasteiger partial charge in [-0.25, -0.2) is 0 Å². The minimum atomic E-state index is -0.194. The third-order valence-electron chi connectivity index (χ3n) is 3.05. The molecule has 1 aromatic carbocycles. The second-order valence-electron chi connectivity index (χ2n) is 4.88. The predicted octanol–water partition coefficient (Wildman–Crippen LogP) is 3.58. The standard InChI is InChI=1S/C16H18N2O3S/c1-9-7-13(10(2)22-9)16(20)18-14-8-12(17-11(3)19)5-6-15(14)21-4/h5-8H,1-4H3,(H,17,19)(H,18,20). The van der Waals surface area contributed by atoms with Crippen molar-refractivity contribution in [3.05, 3.63) is 39.6 Å². The second kappa shape index (κ2) is 6.62. The second-order valence-corrected chi connectivity index (χ2v) is 6.34. The Morgan fingerprint density at radius 2 is 1.86 bits per heavy atom. The summed E-state index contributed by atoms with van der Waals surface area (Å²) in [6.07, 6.45) is 0. The molecule has 1 aromatic heterocycles. The molecule has 6 heteroatoms. The molecule has 0 fully saturated rings. The first-order chi connectivity index (χ1) is 10.4. The van der Waals surface area contributed by atoms with E-state index in [9.17, 15) is 9.59 Å². The molecule has 0 aliphatic heterocycles. The van der Waals surface area contributed by atoms with Crippen LogP contribution in [0.25, 0.3) is 0 Å². The highest BCUT2D eigenvalue weighted by Crippen LogP contribution is 2.29. The number of hydrogen-bond donors (Lipinski definition) is 2. The topological polar surface area (TPSA) is 67.4 Å². The van der Waals surface area contributed by atoms with Gasteiger partial charge in [-0.15, -0.1) is 11.3 Å². The van der Waals surface area contributed by atoms with Crippen molar-refractivity contribution in [3.8, 4) is 5.75 Å². The summed E-state index contributed by atoms with van der Waals surface area (Å²) in [5, 5.41) is 5.52. The van der Waals surface area contributed by atoms with Crippen LogP contribution in [0.3, 0.4) is 0 Å². The Labute approximate surface area is 133 Å². The molecule has 5 nitrogen and oxygen atoms in total. The average Bonchev–Trinajstić information content (AvgIpc) is 2.77. The lowest BCUT2D eigenvalue weighted by atomic mass is 10.2. The van der Waals surface area contributed by atoms with Gasteiger partial charge in [0.25, 0.3) is 5.91 Å². The summed E-state index contributed by atoms with van der Waals surface area (Å²) in [5.41, 5.74) is 1.76. The molecule has 116 valence electrons. The van der Waals surface area contributed by atoms with Crippen LogP contribution in [0.2, 0.25) is 0 Å². The van der Waals surface area contributed by atoms with Crippen LogP contribution in [0.4, 0.5) is 11.4 Å². The molecule has 0 radical (unpaired) electrons. The summed E-state index contributed by atoms with van der Waals surface area (Å²) >= 11 is 1.58. The number of ether oxygens (including phenoxy) is 1. The zero-order valence-corrected chi connectivity index (χ0v) is 13.8. The van der Waals surface area contributed by atoms with Crippen molar-refractivity contribution in [1.82, 2.24) is 0 Å². The Morgan fingerprint density at radius 3 is 2.41 bits per heavy atom. The fourth-order valence-electron chi connectivity index (χ4n) is 2.13. The van der Waals surface area contributed by atoms with Gasteiger partial charge in [0.1, 0.15) is 5.75 Å². The van der Waals surface area contributed by atoms with Crippen LogP contribution in [0.1, 0.15) is 27.0 Å². The predicted molar refractivity (Wildman–Crippen MR) is 89.0 cm³/mol. The SMILES string of the molecule is COc1ccc(NC(C)=O)cc1NC(=O)c1cc(C)sc1C. The van der Waals surface area contributed by atoms with E-state index in [1.54, 1.807) is 29.5 Å². The first-order valence-electron chi connectivity index (χ1n) is 6.74. The van der Waals surface area contributed by atoms with Gasteiger partial charge >= 0.3 is 0 Å². The van der Waals surface area contributed by atoms with E-state index in [2.05, 4.69) is 10.6 Å². The highest BCUT2D eigenvalue weighted by molar-refractivity contribution is 7.12. The summed E-state index contributed by atoms with van der Waals surface area (Å²) < 4.78 is 5.25. The summed E-state index contributed by atoms with van der Waals surface area (Å²) in [6.45, 7) is 5.31. The summed E-state index contributed by atoms with van der Waals surface area (Å²) in [7, 11) is 1.53. The number of amides is 2. The number of anilines is 2. The highest BCUT2D eigenvalue weighted by Gasteiger charge is 2.14. The van der Waals surface area contributed by atoms with E-state index in [4.69, 9.17) is 4.74 Å². The van der Waals surface area contributed by atoms with Gasteiger partial charge in [0.2, 0.25) is 5.91 Å². The van der Waals surface area contributed by atoms with E-state index in [-0.39, 0.29) is 11.8 Å². The zero-order chi connectivity index (χ0) is 16.3. The molecule has 0 unspecified atom stereocenters. The van der Waals surface area contributed by atoms with E-state index in [0.717, 1.165) is 9.75 Å². The highest BCUT2D eigenvalue weighted by atomic mass is 32.1. The van der Waals surface area contributed by atoms with Gasteiger partial charge < -0.3 is 15.4 Å². The first kappa shape index (κ1) is 16.0. The number of nitrogens with one attached hydrogen (secondary N) is 2. The summed E-state index contributed by atoms with van der Waals surface area (Å²) in [5.74, 6) is 0.166. The van der Waals surface area contributed by atoms with Gasteiger partial charge in [0.15, 0.2) is 0 Å². The van der Waals surface area contributed by atoms with Crippen molar-refractivity contribution < 1.29 is 14.3 Å². The fourth-order valence-corrected chi connectivity index (χ4v) is 3.05. The van der Waals surface area contributed by atoms with Crippen LogP contribution in [-0.4, -0.2) is 18.9 Å². The van der Waals surface area contributed by atoms with Gasteiger partial charge in [0, 0.05) is 22.4 Å². The largest absolute Gasteiger partial charge is 0.495 e. The van der Waals surface area contributed by atoms with E-state index in [0.29, 0.717) is 22.7 Å². The van der Waals surface area contributed by atoms with Crippen molar-refractivity contribution in [1.29, 1.82) is 0 Å². The van der Waals surface area contributed by atoms with Gasteiger partial charge in [-0.1, -0.05) is 0 Å². The summed E-state index contributed by atoms with van der Waals surface area (Å²) in [6, 6.07) is 6.95. The van der Waals surface area contributed by atoms with Crippen LogP contribution < -0.4 is 15.4 Å². The Morgan fingerprint density at radius 1 is 1.14 bits per heavy atom. The number of thiophene rings is 1. The number of carbonyl (C=O) groups is 2. The lowest BCUT2D eigenvalue weighted by molar-refractivity contribution is -0.114. The Kier molecular flexibility index (Phi) is 4.82. The van der Waals surface area contributed by atoms with Crippen molar-refractivity contribution >= 4 is 34.5 Å². The molecule has 0 aliphatic rings. The third-order valence-corrected chi connectivity index (χ3v) is 4.02. The molecule has 0 atom stereocenters. The molecule has 0 saturated heterocycles. The monoisotopic (exact) mass is 318 g/mol. The summed E-state index contributed by atoms with van der Waals surface area (Å²) in [4.78, 5) is 25.6. The number of rotatable bonds is 4. The van der Waals surface area contributed by atoms with Gasteiger partial charge in [-0.2, -0.15) is 0 Å². The number of methoxy groups -OCH3 is 1. The van der Waals surface area contributed by atoms with E-state index in [1.807, 2.05) is 19.9 Å². The smallest absolute Gasteiger partial charge is 0.256 e. The lowest BCUT2D eigenvalue weighted by Gasteiger charge is -2.12. The molecule has 2 amide bonds. The Balaban J connectivity index is 2.28. The molecule has 0 aliphatic carbocycles. The molecule has 2 N–H and O–H groups in total. The van der Waals surface area contributed by atoms with Gasteiger partial charge in [0.05, 0.1) is 18.4 Å². The van der Waals surface area contributed by atoms with Gasteiger partial charge in [-0.3, -0.25) is 9.59 Å². The molecule has 0 saturated carbocycles. The molecular formula is C16H18N2O3S. The normalized spacial score (nSPS) is 10.2. The van der Waals surface area contributed by atoms with Crippen molar-refractivity contribution in [3.63, 3.8) is 0 Å². The van der Waals surface area contributed by atoms with Crippen molar-refractivity contribution in [2.24, 2.45) is 0 Å². The average molecular weight is 318 g/mol. The molecule has 2 aromatic rings. The van der Waals surface area contributed by atoms with E-state index >= 15 is 0 Å². The van der Waals surface area contributed by atoms with Crippen molar-refractivity contribution in [2.45, 2.75) is 20.8 Å². The van der Waals surface area contributed by atoms with Crippen LogP contribution in [-0.2, 0) is 4.79 Å².